The quantitative estimate of drug-likeness (QED) is 0.482. The molecule has 0 aromatic heterocycles. The van der Waals surface area contributed by atoms with Gasteiger partial charge in [0.2, 0.25) is 0 Å². The van der Waals surface area contributed by atoms with Crippen LogP contribution in [0.2, 0.25) is 0 Å². The molecule has 0 N–H and O–H groups in total. The van der Waals surface area contributed by atoms with Crippen LogP contribution >= 0.6 is 0 Å². The van der Waals surface area contributed by atoms with E-state index in [1.54, 1.807) is 13.8 Å². The zero-order chi connectivity index (χ0) is 14.1. The SMILES string of the molecule is C=CC(=O)OCC(C)C(=O)C(C)COC(=O)C=C. The zero-order valence-electron chi connectivity index (χ0n) is 10.7. The van der Waals surface area contributed by atoms with Crippen LogP contribution in [-0.2, 0) is 23.9 Å². The Morgan fingerprint density at radius 2 is 1.28 bits per heavy atom. The molecule has 0 aromatic carbocycles. The van der Waals surface area contributed by atoms with E-state index in [0.29, 0.717) is 0 Å². The van der Waals surface area contributed by atoms with Crippen molar-refractivity contribution in [2.45, 2.75) is 13.8 Å². The van der Waals surface area contributed by atoms with Crippen LogP contribution in [0.5, 0.6) is 0 Å². The van der Waals surface area contributed by atoms with Crippen molar-refractivity contribution in [2.75, 3.05) is 13.2 Å². The van der Waals surface area contributed by atoms with Crippen molar-refractivity contribution in [2.24, 2.45) is 11.8 Å². The molecular weight excluding hydrogens is 236 g/mol. The molecule has 0 aliphatic rings. The molecule has 18 heavy (non-hydrogen) atoms. The molecule has 5 heteroatoms. The molecule has 5 nitrogen and oxygen atoms in total. The number of esters is 2. The molecule has 100 valence electrons. The molecule has 0 heterocycles. The second-order valence-electron chi connectivity index (χ2n) is 3.87. The average Bonchev–Trinajstić information content (AvgIpc) is 2.39. The molecule has 0 aliphatic heterocycles. The van der Waals surface area contributed by atoms with Crippen molar-refractivity contribution in [1.82, 2.24) is 0 Å². The monoisotopic (exact) mass is 254 g/mol. The first-order valence-corrected chi connectivity index (χ1v) is 5.54. The standard InChI is InChI=1S/C13H18O5/c1-5-11(14)17-7-9(3)13(16)10(4)8-18-12(15)6-2/h5-6,9-10H,1-2,7-8H2,3-4H3. The Balaban J connectivity index is 4.11. The van der Waals surface area contributed by atoms with Crippen molar-refractivity contribution < 1.29 is 23.9 Å². The largest absolute Gasteiger partial charge is 0.462 e. The van der Waals surface area contributed by atoms with Gasteiger partial charge in [-0.2, -0.15) is 0 Å². The van der Waals surface area contributed by atoms with Gasteiger partial charge in [0.05, 0.1) is 0 Å². The summed E-state index contributed by atoms with van der Waals surface area (Å²) in [5, 5.41) is 0. The first kappa shape index (κ1) is 16.1. The number of ether oxygens (including phenoxy) is 2. The first-order chi connectivity index (χ1) is 8.42. The van der Waals surface area contributed by atoms with Gasteiger partial charge in [0, 0.05) is 24.0 Å². The summed E-state index contributed by atoms with van der Waals surface area (Å²) in [7, 11) is 0. The zero-order valence-corrected chi connectivity index (χ0v) is 10.7. The highest BCUT2D eigenvalue weighted by atomic mass is 16.5. The average molecular weight is 254 g/mol. The summed E-state index contributed by atoms with van der Waals surface area (Å²) in [4.78, 5) is 33.5. The van der Waals surface area contributed by atoms with Gasteiger partial charge in [0.1, 0.15) is 19.0 Å². The van der Waals surface area contributed by atoms with Gasteiger partial charge in [-0.15, -0.1) is 0 Å². The van der Waals surface area contributed by atoms with Crippen LogP contribution in [0.1, 0.15) is 13.8 Å². The lowest BCUT2D eigenvalue weighted by Crippen LogP contribution is -2.27. The predicted octanol–water partition coefficient (Wildman–Crippen LogP) is 1.29. The molecule has 0 aromatic rings. The Morgan fingerprint density at radius 1 is 0.944 bits per heavy atom. The van der Waals surface area contributed by atoms with E-state index in [-0.39, 0.29) is 19.0 Å². The van der Waals surface area contributed by atoms with E-state index in [1.807, 2.05) is 0 Å². The molecule has 0 rings (SSSR count). The fraction of sp³-hybridized carbons (Fsp3) is 0.462. The number of hydrogen-bond donors (Lipinski definition) is 0. The number of ketones is 1. The summed E-state index contributed by atoms with van der Waals surface area (Å²) < 4.78 is 9.54. The van der Waals surface area contributed by atoms with E-state index < -0.39 is 23.8 Å². The molecule has 0 radical (unpaired) electrons. The minimum atomic E-state index is -0.569. The molecule has 0 bridgehead atoms. The fourth-order valence-corrected chi connectivity index (χ4v) is 1.18. The third-order valence-electron chi connectivity index (χ3n) is 2.26. The minimum absolute atomic E-state index is 0.0105. The van der Waals surface area contributed by atoms with Crippen molar-refractivity contribution >= 4 is 17.7 Å². The van der Waals surface area contributed by atoms with E-state index in [0.717, 1.165) is 12.2 Å². The van der Waals surface area contributed by atoms with Gasteiger partial charge >= 0.3 is 11.9 Å². The molecule has 0 spiro atoms. The van der Waals surface area contributed by atoms with Crippen molar-refractivity contribution in [3.8, 4) is 0 Å². The summed E-state index contributed by atoms with van der Waals surface area (Å²) in [6.07, 6.45) is 2.07. The van der Waals surface area contributed by atoms with Crippen LogP contribution in [0, 0.1) is 11.8 Å². The molecule has 0 aliphatic carbocycles. The number of carbonyl (C=O) groups is 3. The maximum atomic E-state index is 11.8. The van der Waals surface area contributed by atoms with Crippen molar-refractivity contribution in [3.63, 3.8) is 0 Å². The van der Waals surface area contributed by atoms with Crippen LogP contribution in [0.25, 0.3) is 0 Å². The summed E-state index contributed by atoms with van der Waals surface area (Å²) in [6, 6.07) is 0. The Hall–Kier alpha value is -1.91. The number of hydrogen-bond acceptors (Lipinski definition) is 5. The molecule has 2 unspecified atom stereocenters. The maximum Gasteiger partial charge on any atom is 0.330 e. The maximum absolute atomic E-state index is 11.8. The van der Waals surface area contributed by atoms with Gasteiger partial charge in [0.15, 0.2) is 0 Å². The van der Waals surface area contributed by atoms with Crippen LogP contribution in [0.3, 0.4) is 0 Å². The lowest BCUT2D eigenvalue weighted by atomic mass is 9.97. The van der Waals surface area contributed by atoms with Crippen LogP contribution in [0.4, 0.5) is 0 Å². The van der Waals surface area contributed by atoms with Gasteiger partial charge in [-0.25, -0.2) is 9.59 Å². The van der Waals surface area contributed by atoms with E-state index >= 15 is 0 Å². The Kier molecular flexibility index (Phi) is 7.35. The molecular formula is C13H18O5. The highest BCUT2D eigenvalue weighted by molar-refractivity contribution is 5.85. The van der Waals surface area contributed by atoms with Gasteiger partial charge in [-0.05, 0) is 0 Å². The Bertz CT molecular complexity index is 313. The summed E-state index contributed by atoms with van der Waals surface area (Å²) in [5.41, 5.74) is 0. The van der Waals surface area contributed by atoms with Crippen LogP contribution in [-0.4, -0.2) is 30.9 Å². The third kappa shape index (κ3) is 5.98. The van der Waals surface area contributed by atoms with Gasteiger partial charge in [-0.1, -0.05) is 27.0 Å². The van der Waals surface area contributed by atoms with Crippen LogP contribution < -0.4 is 0 Å². The molecule has 0 fully saturated rings. The van der Waals surface area contributed by atoms with Gasteiger partial charge in [-0.3, -0.25) is 4.79 Å². The van der Waals surface area contributed by atoms with E-state index in [4.69, 9.17) is 9.47 Å². The Morgan fingerprint density at radius 3 is 1.56 bits per heavy atom. The van der Waals surface area contributed by atoms with E-state index in [2.05, 4.69) is 13.2 Å². The third-order valence-corrected chi connectivity index (χ3v) is 2.26. The first-order valence-electron chi connectivity index (χ1n) is 5.54. The number of rotatable bonds is 8. The minimum Gasteiger partial charge on any atom is -0.462 e. The topological polar surface area (TPSA) is 69.7 Å². The molecule has 0 saturated carbocycles. The normalized spacial score (nSPS) is 13.0. The lowest BCUT2D eigenvalue weighted by molar-refractivity contribution is -0.143. The second-order valence-corrected chi connectivity index (χ2v) is 3.87. The van der Waals surface area contributed by atoms with E-state index in [9.17, 15) is 14.4 Å². The highest BCUT2D eigenvalue weighted by Gasteiger charge is 2.22. The summed E-state index contributed by atoms with van der Waals surface area (Å²) in [6.45, 7) is 9.77. The van der Waals surface area contributed by atoms with E-state index in [1.165, 1.54) is 0 Å². The summed E-state index contributed by atoms with van der Waals surface area (Å²) in [5.74, 6) is -2.18. The second kappa shape index (κ2) is 8.22. The van der Waals surface area contributed by atoms with Crippen LogP contribution in [0.15, 0.2) is 25.3 Å². The number of Topliss-reactive ketones (excluding diaryl/α,β-unsaturated/α-hetero) is 1. The lowest BCUT2D eigenvalue weighted by Gasteiger charge is -2.15. The molecule has 0 amide bonds. The van der Waals surface area contributed by atoms with Crippen molar-refractivity contribution in [1.29, 1.82) is 0 Å². The smallest absolute Gasteiger partial charge is 0.330 e. The predicted molar refractivity (Wildman–Crippen MR) is 65.6 cm³/mol. The molecule has 0 saturated heterocycles. The number of carbonyl (C=O) groups excluding carboxylic acids is 3. The highest BCUT2D eigenvalue weighted by Crippen LogP contribution is 2.09. The Labute approximate surface area is 106 Å². The van der Waals surface area contributed by atoms with Gasteiger partial charge < -0.3 is 9.47 Å². The summed E-state index contributed by atoms with van der Waals surface area (Å²) >= 11 is 0. The van der Waals surface area contributed by atoms with Gasteiger partial charge in [0.25, 0.3) is 0 Å². The molecule has 2 atom stereocenters. The fourth-order valence-electron chi connectivity index (χ4n) is 1.18. The van der Waals surface area contributed by atoms with Crippen molar-refractivity contribution in [3.05, 3.63) is 25.3 Å².